The van der Waals surface area contributed by atoms with E-state index in [1.54, 1.807) is 60.7 Å². The molecule has 0 bridgehead atoms. The summed E-state index contributed by atoms with van der Waals surface area (Å²) in [7, 11) is 0. The first-order valence-electron chi connectivity index (χ1n) is 20.1. The molecular formula is C54H36N4O4. The highest BCUT2D eigenvalue weighted by Crippen LogP contribution is 2.46. The quantitative estimate of drug-likeness (QED) is 0.114. The number of aromatic hydroxyl groups is 2. The molecule has 0 spiro atoms. The number of amides is 2. The average Bonchev–Trinajstić information content (AvgIpc) is 3.31. The Balaban J connectivity index is 0.868. The van der Waals surface area contributed by atoms with Crippen LogP contribution in [0, 0.1) is 0 Å². The number of hydrogen-bond donors (Lipinski definition) is 4. The highest BCUT2D eigenvalue weighted by atomic mass is 16.3. The summed E-state index contributed by atoms with van der Waals surface area (Å²) in [6.07, 6.45) is 0. The number of nitrogens with zero attached hydrogens (tertiary/aromatic N) is 2. The molecule has 0 aliphatic rings. The molecule has 10 aromatic carbocycles. The molecular weight excluding hydrogens is 769 g/mol. The number of hydrogen-bond acceptors (Lipinski definition) is 6. The zero-order valence-corrected chi connectivity index (χ0v) is 33.1. The molecule has 62 heavy (non-hydrogen) atoms. The number of carbonyl (C=O) groups is 2. The van der Waals surface area contributed by atoms with Gasteiger partial charge in [0.2, 0.25) is 0 Å². The first-order chi connectivity index (χ1) is 30.4. The summed E-state index contributed by atoms with van der Waals surface area (Å²) < 4.78 is 0. The van der Waals surface area contributed by atoms with E-state index < -0.39 is 0 Å². The van der Waals surface area contributed by atoms with Gasteiger partial charge in [0.05, 0.1) is 11.4 Å². The molecule has 0 unspecified atom stereocenters. The molecule has 0 fully saturated rings. The van der Waals surface area contributed by atoms with Gasteiger partial charge in [-0.25, -0.2) is 0 Å². The second-order valence-corrected chi connectivity index (χ2v) is 15.0. The minimum absolute atomic E-state index is 0.123. The highest BCUT2D eigenvalue weighted by Gasteiger charge is 2.21. The monoisotopic (exact) mass is 804 g/mol. The third kappa shape index (κ3) is 7.01. The van der Waals surface area contributed by atoms with Gasteiger partial charge in [-0.05, 0) is 116 Å². The number of fused-ring (bicyclic) bond motifs is 4. The third-order valence-corrected chi connectivity index (χ3v) is 11.2. The normalized spacial score (nSPS) is 11.4. The highest BCUT2D eigenvalue weighted by molar-refractivity contribution is 6.17. The van der Waals surface area contributed by atoms with Gasteiger partial charge in [-0.1, -0.05) is 121 Å². The average molecular weight is 805 g/mol. The van der Waals surface area contributed by atoms with Crippen molar-refractivity contribution in [2.24, 2.45) is 10.2 Å². The first kappa shape index (κ1) is 37.6. The molecule has 0 aliphatic heterocycles. The maximum atomic E-state index is 13.7. The molecule has 8 heteroatoms. The summed E-state index contributed by atoms with van der Waals surface area (Å²) in [5.74, 6) is -0.387. The van der Waals surface area contributed by atoms with Gasteiger partial charge < -0.3 is 20.8 Å². The van der Waals surface area contributed by atoms with Crippen molar-refractivity contribution >= 4 is 77.7 Å². The Morgan fingerprint density at radius 2 is 0.645 bits per heavy atom. The lowest BCUT2D eigenvalue weighted by atomic mass is 9.91. The maximum Gasteiger partial charge on any atom is 0.255 e. The van der Waals surface area contributed by atoms with E-state index in [1.165, 1.54) is 0 Å². The summed E-state index contributed by atoms with van der Waals surface area (Å²) in [4.78, 5) is 27.4. The fourth-order valence-electron chi connectivity index (χ4n) is 8.20. The molecule has 4 N–H and O–H groups in total. The maximum absolute atomic E-state index is 13.7. The van der Waals surface area contributed by atoms with Crippen molar-refractivity contribution in [2.75, 3.05) is 10.6 Å². The van der Waals surface area contributed by atoms with E-state index in [0.29, 0.717) is 45.0 Å². The molecule has 10 aromatic rings. The zero-order valence-electron chi connectivity index (χ0n) is 33.1. The van der Waals surface area contributed by atoms with Crippen molar-refractivity contribution in [1.82, 2.24) is 0 Å². The Kier molecular flexibility index (Phi) is 9.63. The van der Waals surface area contributed by atoms with Gasteiger partial charge in [-0.15, -0.1) is 0 Å². The molecule has 8 nitrogen and oxygen atoms in total. The van der Waals surface area contributed by atoms with Gasteiger partial charge >= 0.3 is 0 Å². The molecule has 0 radical (unpaired) electrons. The number of benzene rings is 10. The fourth-order valence-corrected chi connectivity index (χ4v) is 8.20. The van der Waals surface area contributed by atoms with Crippen LogP contribution in [0.15, 0.2) is 204 Å². The van der Waals surface area contributed by atoms with Gasteiger partial charge in [-0.2, -0.15) is 10.2 Å². The summed E-state index contributed by atoms with van der Waals surface area (Å²) in [6, 6.07) is 60.0. The molecule has 296 valence electrons. The minimum atomic E-state index is -0.316. The minimum Gasteiger partial charge on any atom is -0.507 e. The lowest BCUT2D eigenvalue weighted by Crippen LogP contribution is -2.12. The predicted octanol–water partition coefficient (Wildman–Crippen LogP) is 14.0. The van der Waals surface area contributed by atoms with Crippen LogP contribution in [-0.2, 0) is 0 Å². The Morgan fingerprint density at radius 3 is 1.00 bits per heavy atom. The third-order valence-electron chi connectivity index (χ3n) is 11.2. The Bertz CT molecular complexity index is 3190. The molecule has 0 aliphatic carbocycles. The van der Waals surface area contributed by atoms with E-state index in [-0.39, 0.29) is 23.3 Å². The van der Waals surface area contributed by atoms with Crippen LogP contribution in [0.2, 0.25) is 0 Å². The lowest BCUT2D eigenvalue weighted by Gasteiger charge is -2.17. The second-order valence-electron chi connectivity index (χ2n) is 15.0. The molecule has 0 saturated carbocycles. The first-order valence-corrected chi connectivity index (χ1v) is 20.1. The zero-order chi connectivity index (χ0) is 42.2. The summed E-state index contributed by atoms with van der Waals surface area (Å²) in [5, 5.41) is 44.8. The number of carbonyl (C=O) groups excluding carboxylic acids is 2. The molecule has 10 rings (SSSR count). The SMILES string of the molecule is O=C(Nc1ccc2ccccc2c1-c1c(O)ccc2ccccc12)c1ccc(N=Nc2ccc(C(=O)Nc3ccc4ccccc4c3-c3c(O)ccc4ccccc34)cc2)cc1. The van der Waals surface area contributed by atoms with Crippen molar-refractivity contribution in [1.29, 1.82) is 0 Å². The van der Waals surface area contributed by atoms with Crippen LogP contribution in [-0.4, -0.2) is 22.0 Å². The van der Waals surface area contributed by atoms with Crippen LogP contribution >= 0.6 is 0 Å². The van der Waals surface area contributed by atoms with Gasteiger partial charge in [-0.3, -0.25) is 9.59 Å². The van der Waals surface area contributed by atoms with Crippen LogP contribution in [0.4, 0.5) is 22.7 Å². The summed E-state index contributed by atoms with van der Waals surface area (Å²) >= 11 is 0. The largest absolute Gasteiger partial charge is 0.507 e. The fraction of sp³-hybridized carbons (Fsp3) is 0. The molecule has 2 amide bonds. The molecule has 0 saturated heterocycles. The van der Waals surface area contributed by atoms with Crippen molar-refractivity contribution in [3.63, 3.8) is 0 Å². The Morgan fingerprint density at radius 1 is 0.339 bits per heavy atom. The number of phenolic OH excluding ortho intramolecular Hbond substituents is 2. The van der Waals surface area contributed by atoms with Gasteiger partial charge in [0, 0.05) is 44.8 Å². The van der Waals surface area contributed by atoms with Crippen molar-refractivity contribution < 1.29 is 19.8 Å². The number of rotatable bonds is 8. The van der Waals surface area contributed by atoms with Crippen LogP contribution < -0.4 is 10.6 Å². The van der Waals surface area contributed by atoms with Gasteiger partial charge in [0.1, 0.15) is 11.5 Å². The van der Waals surface area contributed by atoms with E-state index in [4.69, 9.17) is 0 Å². The lowest BCUT2D eigenvalue weighted by molar-refractivity contribution is 0.101. The van der Waals surface area contributed by atoms with E-state index in [2.05, 4.69) is 20.9 Å². The smallest absolute Gasteiger partial charge is 0.255 e. The van der Waals surface area contributed by atoms with Crippen LogP contribution in [0.5, 0.6) is 11.5 Å². The molecule has 0 heterocycles. The van der Waals surface area contributed by atoms with E-state index >= 15 is 0 Å². The Labute approximate surface area is 356 Å². The van der Waals surface area contributed by atoms with Crippen LogP contribution in [0.25, 0.3) is 65.3 Å². The summed E-state index contributed by atoms with van der Waals surface area (Å²) in [5.41, 5.74) is 5.83. The van der Waals surface area contributed by atoms with Crippen molar-refractivity contribution in [2.45, 2.75) is 0 Å². The Hall–Kier alpha value is -8.62. The second kappa shape index (κ2) is 15.9. The van der Waals surface area contributed by atoms with Gasteiger partial charge in [0.15, 0.2) is 0 Å². The molecule has 0 aromatic heterocycles. The summed E-state index contributed by atoms with van der Waals surface area (Å²) in [6.45, 7) is 0. The number of phenols is 2. The molecule has 0 atom stereocenters. The standard InChI is InChI=1S/C54H36N4O4/c59-47-31-23-35-11-3-7-15-43(35)51(47)49-41-13-5-1-9-33(41)21-29-45(49)55-53(61)37-17-25-39(26-18-37)57-58-40-27-19-38(20-28-40)54(62)56-46-30-22-34-10-2-6-14-42(34)50(46)52-44-16-8-4-12-36(44)24-32-48(52)60/h1-32,59-60H,(H,55,61)(H,56,62). The topological polar surface area (TPSA) is 123 Å². The number of anilines is 2. The van der Waals surface area contributed by atoms with E-state index in [0.717, 1.165) is 54.2 Å². The van der Waals surface area contributed by atoms with Crippen molar-refractivity contribution in [3.8, 4) is 33.8 Å². The van der Waals surface area contributed by atoms with E-state index in [9.17, 15) is 19.8 Å². The van der Waals surface area contributed by atoms with E-state index in [1.807, 2.05) is 133 Å². The van der Waals surface area contributed by atoms with Crippen LogP contribution in [0.3, 0.4) is 0 Å². The van der Waals surface area contributed by atoms with Crippen molar-refractivity contribution in [3.05, 3.63) is 205 Å². The number of nitrogens with one attached hydrogen (secondary N) is 2. The number of azo groups is 1. The predicted molar refractivity (Wildman–Crippen MR) is 250 cm³/mol. The van der Waals surface area contributed by atoms with Crippen LogP contribution in [0.1, 0.15) is 20.7 Å². The van der Waals surface area contributed by atoms with Gasteiger partial charge in [0.25, 0.3) is 11.8 Å².